The molecular formula is C15H17N3O2S. The number of hydrogen-bond donors (Lipinski definition) is 1. The molecule has 0 aliphatic heterocycles. The predicted octanol–water partition coefficient (Wildman–Crippen LogP) is 2.89. The number of thiazole rings is 1. The van der Waals surface area contributed by atoms with E-state index in [1.807, 2.05) is 32.5 Å². The second kappa shape index (κ2) is 6.49. The highest BCUT2D eigenvalue weighted by Gasteiger charge is 2.10. The third-order valence-electron chi connectivity index (χ3n) is 3.08. The summed E-state index contributed by atoms with van der Waals surface area (Å²) in [5.74, 6) is -0.0789. The molecule has 1 N–H and O–H groups in total. The van der Waals surface area contributed by atoms with Crippen LogP contribution in [0.2, 0.25) is 0 Å². The number of aliphatic carboxylic acids is 1. The predicted molar refractivity (Wildman–Crippen MR) is 84.6 cm³/mol. The lowest BCUT2D eigenvalue weighted by molar-refractivity contribution is -0.131. The lowest BCUT2D eigenvalue weighted by Gasteiger charge is -2.19. The number of pyridine rings is 1. The summed E-state index contributed by atoms with van der Waals surface area (Å²) in [5.41, 5.74) is 4.68. The van der Waals surface area contributed by atoms with Crippen LogP contribution in [-0.4, -0.2) is 28.1 Å². The van der Waals surface area contributed by atoms with E-state index < -0.39 is 5.97 Å². The first-order valence-corrected chi connectivity index (χ1v) is 7.33. The lowest BCUT2D eigenvalue weighted by Crippen LogP contribution is -2.18. The van der Waals surface area contributed by atoms with Crippen molar-refractivity contribution >= 4 is 29.2 Å². The van der Waals surface area contributed by atoms with Gasteiger partial charge in [0.05, 0.1) is 17.7 Å². The average Bonchev–Trinajstić information content (AvgIpc) is 2.82. The normalized spacial score (nSPS) is 11.0. The van der Waals surface area contributed by atoms with E-state index in [9.17, 15) is 4.79 Å². The van der Waals surface area contributed by atoms with Crippen molar-refractivity contribution < 1.29 is 9.90 Å². The van der Waals surface area contributed by atoms with Crippen LogP contribution in [-0.2, 0) is 11.3 Å². The van der Waals surface area contributed by atoms with Gasteiger partial charge < -0.3 is 10.0 Å². The van der Waals surface area contributed by atoms with E-state index in [-0.39, 0.29) is 0 Å². The van der Waals surface area contributed by atoms with E-state index in [0.717, 1.165) is 35.3 Å². The fraction of sp³-hybridized carbons (Fsp3) is 0.267. The van der Waals surface area contributed by atoms with Crippen LogP contribution in [0.4, 0.5) is 5.82 Å². The smallest absolute Gasteiger partial charge is 0.328 e. The molecular weight excluding hydrogens is 286 g/mol. The molecule has 0 aromatic carbocycles. The Balaban J connectivity index is 2.16. The van der Waals surface area contributed by atoms with Gasteiger partial charge in [-0.25, -0.2) is 14.8 Å². The zero-order valence-corrected chi connectivity index (χ0v) is 13.0. The number of nitrogens with zero attached hydrogens (tertiary/aromatic N) is 3. The number of aromatic nitrogens is 2. The van der Waals surface area contributed by atoms with Crippen LogP contribution in [0.1, 0.15) is 21.7 Å². The molecule has 0 aliphatic rings. The minimum atomic E-state index is -0.963. The standard InChI is InChI=1S/C15H17N3O2S/c1-10-6-12(4-5-14(19)20)7-16-15(10)18(3)8-13-11(2)17-9-21-13/h4-7,9H,8H2,1-3H3,(H,19,20)/b5-4+. The monoisotopic (exact) mass is 303 g/mol. The molecule has 0 bridgehead atoms. The molecule has 0 aliphatic carbocycles. The summed E-state index contributed by atoms with van der Waals surface area (Å²) in [6.45, 7) is 4.73. The van der Waals surface area contributed by atoms with Crippen molar-refractivity contribution in [2.24, 2.45) is 0 Å². The van der Waals surface area contributed by atoms with Crippen molar-refractivity contribution in [3.63, 3.8) is 0 Å². The maximum Gasteiger partial charge on any atom is 0.328 e. The van der Waals surface area contributed by atoms with Crippen molar-refractivity contribution in [1.29, 1.82) is 0 Å². The highest BCUT2D eigenvalue weighted by atomic mass is 32.1. The van der Waals surface area contributed by atoms with E-state index >= 15 is 0 Å². The minimum Gasteiger partial charge on any atom is -0.478 e. The van der Waals surface area contributed by atoms with Crippen molar-refractivity contribution in [3.05, 3.63) is 45.5 Å². The minimum absolute atomic E-state index is 0.759. The number of carbonyl (C=O) groups is 1. The van der Waals surface area contributed by atoms with Crippen molar-refractivity contribution in [2.75, 3.05) is 11.9 Å². The Labute approximate surface area is 127 Å². The molecule has 2 rings (SSSR count). The zero-order valence-electron chi connectivity index (χ0n) is 12.2. The average molecular weight is 303 g/mol. The van der Waals surface area contributed by atoms with Gasteiger partial charge in [-0.05, 0) is 37.1 Å². The van der Waals surface area contributed by atoms with Crippen LogP contribution in [0.5, 0.6) is 0 Å². The van der Waals surface area contributed by atoms with Gasteiger partial charge in [-0.2, -0.15) is 0 Å². The summed E-state index contributed by atoms with van der Waals surface area (Å²) in [6.07, 6.45) is 4.33. The summed E-state index contributed by atoms with van der Waals surface area (Å²) in [5, 5.41) is 8.64. The first kappa shape index (κ1) is 15.2. The van der Waals surface area contributed by atoms with E-state index in [1.54, 1.807) is 23.6 Å². The van der Waals surface area contributed by atoms with E-state index in [2.05, 4.69) is 14.9 Å². The highest BCUT2D eigenvalue weighted by Crippen LogP contribution is 2.21. The van der Waals surface area contributed by atoms with Crippen LogP contribution in [0.25, 0.3) is 6.08 Å². The molecule has 0 spiro atoms. The molecule has 0 unspecified atom stereocenters. The van der Waals surface area contributed by atoms with Crippen LogP contribution in [0.15, 0.2) is 23.8 Å². The van der Waals surface area contributed by atoms with Gasteiger partial charge in [-0.1, -0.05) is 0 Å². The van der Waals surface area contributed by atoms with E-state index in [0.29, 0.717) is 0 Å². The first-order valence-electron chi connectivity index (χ1n) is 6.45. The molecule has 0 saturated heterocycles. The number of carboxylic acids is 1. The maximum atomic E-state index is 10.5. The van der Waals surface area contributed by atoms with Crippen molar-refractivity contribution in [3.8, 4) is 0 Å². The Morgan fingerprint density at radius 3 is 2.76 bits per heavy atom. The second-order valence-electron chi connectivity index (χ2n) is 4.80. The molecule has 6 heteroatoms. The van der Waals surface area contributed by atoms with Gasteiger partial charge in [0.25, 0.3) is 0 Å². The Bertz CT molecular complexity index is 679. The topological polar surface area (TPSA) is 66.3 Å². The second-order valence-corrected chi connectivity index (χ2v) is 5.74. The number of anilines is 1. The van der Waals surface area contributed by atoms with Crippen LogP contribution < -0.4 is 4.90 Å². The lowest BCUT2D eigenvalue weighted by atomic mass is 10.2. The summed E-state index contributed by atoms with van der Waals surface area (Å²) in [6, 6.07) is 1.93. The van der Waals surface area contributed by atoms with Crippen LogP contribution >= 0.6 is 11.3 Å². The Morgan fingerprint density at radius 2 is 2.19 bits per heavy atom. The fourth-order valence-electron chi connectivity index (χ4n) is 2.02. The number of aryl methyl sites for hydroxylation is 2. The third-order valence-corrected chi connectivity index (χ3v) is 4.00. The van der Waals surface area contributed by atoms with Gasteiger partial charge in [0.2, 0.25) is 0 Å². The van der Waals surface area contributed by atoms with Crippen molar-refractivity contribution in [2.45, 2.75) is 20.4 Å². The Kier molecular flexibility index (Phi) is 4.70. The molecule has 2 heterocycles. The molecule has 21 heavy (non-hydrogen) atoms. The Morgan fingerprint density at radius 1 is 1.43 bits per heavy atom. The quantitative estimate of drug-likeness (QED) is 0.860. The molecule has 5 nitrogen and oxygen atoms in total. The number of hydrogen-bond acceptors (Lipinski definition) is 5. The van der Waals surface area contributed by atoms with Gasteiger partial charge in [-0.3, -0.25) is 0 Å². The Hall–Kier alpha value is -2.21. The summed E-state index contributed by atoms with van der Waals surface area (Å²) in [4.78, 5) is 22.5. The van der Waals surface area contributed by atoms with Gasteiger partial charge in [0, 0.05) is 24.2 Å². The van der Waals surface area contributed by atoms with Crippen LogP contribution in [0, 0.1) is 13.8 Å². The SMILES string of the molecule is Cc1cc(/C=C/C(=O)O)cnc1N(C)Cc1scnc1C. The molecule has 110 valence electrons. The molecule has 2 aromatic rings. The van der Waals surface area contributed by atoms with Crippen molar-refractivity contribution in [1.82, 2.24) is 9.97 Å². The summed E-state index contributed by atoms with van der Waals surface area (Å²) in [7, 11) is 1.99. The highest BCUT2D eigenvalue weighted by molar-refractivity contribution is 7.09. The van der Waals surface area contributed by atoms with Gasteiger partial charge in [0.1, 0.15) is 5.82 Å². The number of rotatable bonds is 5. The summed E-state index contributed by atoms with van der Waals surface area (Å²) >= 11 is 1.64. The largest absolute Gasteiger partial charge is 0.478 e. The van der Waals surface area contributed by atoms with Crippen LogP contribution in [0.3, 0.4) is 0 Å². The molecule has 0 atom stereocenters. The maximum absolute atomic E-state index is 10.5. The summed E-state index contributed by atoms with van der Waals surface area (Å²) < 4.78 is 0. The van der Waals surface area contributed by atoms with E-state index in [1.165, 1.54) is 4.88 Å². The fourth-order valence-corrected chi connectivity index (χ4v) is 2.85. The molecule has 2 aromatic heterocycles. The van der Waals surface area contributed by atoms with Gasteiger partial charge in [0.15, 0.2) is 0 Å². The van der Waals surface area contributed by atoms with E-state index in [4.69, 9.17) is 5.11 Å². The molecule has 0 fully saturated rings. The third kappa shape index (κ3) is 3.88. The zero-order chi connectivity index (χ0) is 15.4. The van der Waals surface area contributed by atoms with Gasteiger partial charge >= 0.3 is 5.97 Å². The first-order chi connectivity index (χ1) is 9.97. The molecule has 0 radical (unpaired) electrons. The number of carboxylic acid groups (broad SMARTS) is 1. The van der Waals surface area contributed by atoms with Gasteiger partial charge in [-0.15, -0.1) is 11.3 Å². The molecule has 0 amide bonds. The molecule has 0 saturated carbocycles.